The van der Waals surface area contributed by atoms with Gasteiger partial charge in [0.1, 0.15) is 0 Å². The predicted octanol–water partition coefficient (Wildman–Crippen LogP) is 1.53. The standard InChI is InChI=1S/C4H6N2S2/c1-3(7)4-2-8-6-5-4/h2-3,7H,1H3. The summed E-state index contributed by atoms with van der Waals surface area (Å²) in [6.45, 7) is 1.97. The second-order valence-electron chi connectivity index (χ2n) is 1.51. The van der Waals surface area contributed by atoms with E-state index in [9.17, 15) is 0 Å². The molecule has 1 aromatic heterocycles. The van der Waals surface area contributed by atoms with Crippen molar-refractivity contribution in [3.63, 3.8) is 0 Å². The van der Waals surface area contributed by atoms with E-state index in [1.165, 1.54) is 11.5 Å². The van der Waals surface area contributed by atoms with Crippen LogP contribution in [-0.4, -0.2) is 9.59 Å². The van der Waals surface area contributed by atoms with Gasteiger partial charge in [0.15, 0.2) is 0 Å². The minimum absolute atomic E-state index is 0.216. The van der Waals surface area contributed by atoms with Gasteiger partial charge in [-0.2, -0.15) is 12.6 Å². The minimum atomic E-state index is 0.216. The largest absolute Gasteiger partial charge is 0.170 e. The van der Waals surface area contributed by atoms with Crippen molar-refractivity contribution in [2.24, 2.45) is 0 Å². The van der Waals surface area contributed by atoms with Crippen LogP contribution in [0.2, 0.25) is 0 Å². The lowest BCUT2D eigenvalue weighted by atomic mass is 10.4. The molecular formula is C4H6N2S2. The molecule has 0 spiro atoms. The zero-order valence-corrected chi connectivity index (χ0v) is 6.12. The van der Waals surface area contributed by atoms with E-state index in [1.54, 1.807) is 0 Å². The van der Waals surface area contributed by atoms with Gasteiger partial charge in [0, 0.05) is 10.6 Å². The summed E-state index contributed by atoms with van der Waals surface area (Å²) in [7, 11) is 0. The molecule has 1 rings (SSSR count). The molecule has 1 aromatic rings. The molecule has 4 heteroatoms. The quantitative estimate of drug-likeness (QED) is 0.608. The molecule has 0 saturated carbocycles. The lowest BCUT2D eigenvalue weighted by molar-refractivity contribution is 0.976. The van der Waals surface area contributed by atoms with E-state index < -0.39 is 0 Å². The Balaban J connectivity index is 2.77. The first-order chi connectivity index (χ1) is 3.80. The molecule has 0 saturated heterocycles. The fourth-order valence-corrected chi connectivity index (χ4v) is 1.13. The fourth-order valence-electron chi connectivity index (χ4n) is 0.354. The van der Waals surface area contributed by atoms with Crippen molar-refractivity contribution in [1.29, 1.82) is 0 Å². The van der Waals surface area contributed by atoms with Crippen molar-refractivity contribution >= 4 is 24.2 Å². The second-order valence-corrected chi connectivity index (χ2v) is 2.89. The molecule has 8 heavy (non-hydrogen) atoms. The van der Waals surface area contributed by atoms with Crippen LogP contribution in [-0.2, 0) is 0 Å². The molecule has 44 valence electrons. The molecule has 0 fully saturated rings. The molecule has 0 amide bonds. The number of rotatable bonds is 1. The molecule has 0 N–H and O–H groups in total. The highest BCUT2D eigenvalue weighted by Gasteiger charge is 1.99. The van der Waals surface area contributed by atoms with Crippen molar-refractivity contribution in [2.75, 3.05) is 0 Å². The van der Waals surface area contributed by atoms with E-state index in [4.69, 9.17) is 0 Å². The normalized spacial score (nSPS) is 13.8. The third-order valence-corrected chi connectivity index (χ3v) is 1.59. The number of thiol groups is 1. The van der Waals surface area contributed by atoms with Gasteiger partial charge in [0.05, 0.1) is 5.69 Å². The van der Waals surface area contributed by atoms with Gasteiger partial charge in [-0.05, 0) is 18.5 Å². The van der Waals surface area contributed by atoms with E-state index in [2.05, 4.69) is 22.2 Å². The van der Waals surface area contributed by atoms with Crippen LogP contribution < -0.4 is 0 Å². The summed E-state index contributed by atoms with van der Waals surface area (Å²) in [5.74, 6) is 0. The maximum atomic E-state index is 4.16. The van der Waals surface area contributed by atoms with Crippen molar-refractivity contribution < 1.29 is 0 Å². The molecule has 2 nitrogen and oxygen atoms in total. The van der Waals surface area contributed by atoms with Crippen LogP contribution in [0.1, 0.15) is 17.9 Å². The maximum Gasteiger partial charge on any atom is 0.0879 e. The number of hydrogen-bond acceptors (Lipinski definition) is 4. The third-order valence-electron chi connectivity index (χ3n) is 0.805. The molecule has 0 aromatic carbocycles. The monoisotopic (exact) mass is 146 g/mol. The Bertz CT molecular complexity index is 147. The summed E-state index contributed by atoms with van der Waals surface area (Å²) in [6.07, 6.45) is 0. The van der Waals surface area contributed by atoms with Gasteiger partial charge in [-0.1, -0.05) is 4.49 Å². The summed E-state index contributed by atoms with van der Waals surface area (Å²) < 4.78 is 3.69. The van der Waals surface area contributed by atoms with Gasteiger partial charge in [0.2, 0.25) is 0 Å². The summed E-state index contributed by atoms with van der Waals surface area (Å²) >= 11 is 5.52. The van der Waals surface area contributed by atoms with E-state index in [0.29, 0.717) is 0 Å². The molecule has 1 heterocycles. The molecule has 0 aliphatic carbocycles. The lowest BCUT2D eigenvalue weighted by Gasteiger charge is -1.91. The van der Waals surface area contributed by atoms with Crippen LogP contribution in [0.25, 0.3) is 0 Å². The van der Waals surface area contributed by atoms with E-state index in [0.717, 1.165) is 5.69 Å². The predicted molar refractivity (Wildman–Crippen MR) is 37.3 cm³/mol. The summed E-state index contributed by atoms with van der Waals surface area (Å²) in [4.78, 5) is 0. The van der Waals surface area contributed by atoms with Gasteiger partial charge in [-0.15, -0.1) is 5.10 Å². The van der Waals surface area contributed by atoms with Gasteiger partial charge >= 0.3 is 0 Å². The van der Waals surface area contributed by atoms with E-state index >= 15 is 0 Å². The number of hydrogen-bond donors (Lipinski definition) is 1. The van der Waals surface area contributed by atoms with Crippen molar-refractivity contribution in [2.45, 2.75) is 12.2 Å². The highest BCUT2D eigenvalue weighted by molar-refractivity contribution is 7.80. The summed E-state index contributed by atoms with van der Waals surface area (Å²) in [5, 5.41) is 5.92. The average Bonchev–Trinajstić information content (AvgIpc) is 2.12. The first kappa shape index (κ1) is 6.04. The van der Waals surface area contributed by atoms with Crippen molar-refractivity contribution in [3.8, 4) is 0 Å². The molecule has 0 aliphatic rings. The Labute approximate surface area is 57.5 Å². The minimum Gasteiger partial charge on any atom is -0.170 e. The Morgan fingerprint density at radius 2 is 2.62 bits per heavy atom. The SMILES string of the molecule is CC(S)c1csnn1. The van der Waals surface area contributed by atoms with Gasteiger partial charge in [-0.3, -0.25) is 0 Å². The topological polar surface area (TPSA) is 25.8 Å². The average molecular weight is 146 g/mol. The van der Waals surface area contributed by atoms with Crippen LogP contribution in [0.5, 0.6) is 0 Å². The Kier molecular flexibility index (Phi) is 1.85. The molecule has 0 bridgehead atoms. The fraction of sp³-hybridized carbons (Fsp3) is 0.500. The van der Waals surface area contributed by atoms with Gasteiger partial charge in [0.25, 0.3) is 0 Å². The third kappa shape index (κ3) is 1.20. The van der Waals surface area contributed by atoms with E-state index in [1.807, 2.05) is 12.3 Å². The zero-order chi connectivity index (χ0) is 5.98. The number of aromatic nitrogens is 2. The number of nitrogens with zero attached hydrogens (tertiary/aromatic N) is 2. The molecule has 1 unspecified atom stereocenters. The Morgan fingerprint density at radius 1 is 1.88 bits per heavy atom. The van der Waals surface area contributed by atoms with Crippen molar-refractivity contribution in [3.05, 3.63) is 11.1 Å². The first-order valence-corrected chi connectivity index (χ1v) is 3.61. The molecule has 0 radical (unpaired) electrons. The van der Waals surface area contributed by atoms with Gasteiger partial charge in [-0.25, -0.2) is 0 Å². The summed E-state index contributed by atoms with van der Waals surface area (Å²) in [5.41, 5.74) is 0.957. The zero-order valence-electron chi connectivity index (χ0n) is 4.40. The van der Waals surface area contributed by atoms with Crippen LogP contribution in [0.4, 0.5) is 0 Å². The Morgan fingerprint density at radius 3 is 2.88 bits per heavy atom. The lowest BCUT2D eigenvalue weighted by Crippen LogP contribution is -1.82. The highest BCUT2D eigenvalue weighted by atomic mass is 32.1. The molecule has 0 aliphatic heterocycles. The summed E-state index contributed by atoms with van der Waals surface area (Å²) in [6, 6.07) is 0. The van der Waals surface area contributed by atoms with Gasteiger partial charge < -0.3 is 0 Å². The molecular weight excluding hydrogens is 140 g/mol. The van der Waals surface area contributed by atoms with Crippen LogP contribution in [0.15, 0.2) is 5.38 Å². The Hall–Kier alpha value is -0.0900. The first-order valence-electron chi connectivity index (χ1n) is 2.25. The second kappa shape index (κ2) is 2.46. The van der Waals surface area contributed by atoms with Crippen LogP contribution >= 0.6 is 24.2 Å². The van der Waals surface area contributed by atoms with Crippen LogP contribution in [0, 0.1) is 0 Å². The van der Waals surface area contributed by atoms with E-state index in [-0.39, 0.29) is 5.25 Å². The molecule has 1 atom stereocenters. The smallest absolute Gasteiger partial charge is 0.0879 e. The van der Waals surface area contributed by atoms with Crippen LogP contribution in [0.3, 0.4) is 0 Å². The maximum absolute atomic E-state index is 4.16. The van der Waals surface area contributed by atoms with Crippen molar-refractivity contribution in [1.82, 2.24) is 9.59 Å². The highest BCUT2D eigenvalue weighted by Crippen LogP contribution is 2.15.